The lowest BCUT2D eigenvalue weighted by Crippen LogP contribution is -2.37. The van der Waals surface area contributed by atoms with Crippen LogP contribution in [0.3, 0.4) is 0 Å². The monoisotopic (exact) mass is 408 g/mol. The number of nitrogens with one attached hydrogen (secondary N) is 2. The molecule has 0 heterocycles. The van der Waals surface area contributed by atoms with Gasteiger partial charge in [0.2, 0.25) is 0 Å². The lowest BCUT2D eigenvalue weighted by Gasteiger charge is -2.16. The molecule has 0 aliphatic rings. The van der Waals surface area contributed by atoms with Gasteiger partial charge in [-0.05, 0) is 55.2 Å². The van der Waals surface area contributed by atoms with Crippen molar-refractivity contribution in [1.82, 2.24) is 5.32 Å². The molecule has 4 nitrogen and oxygen atoms in total. The third-order valence-corrected chi connectivity index (χ3v) is 4.14. The first-order valence-corrected chi connectivity index (χ1v) is 9.55. The smallest absolute Gasteiger partial charge is 0.416 e. The zero-order valence-corrected chi connectivity index (χ0v) is 16.8. The van der Waals surface area contributed by atoms with Crippen LogP contribution in [0.25, 0.3) is 0 Å². The SMILES string of the molecule is CC(C)CNc1ccc(OCC(=O)NC(C)Cc2cccc(C(F)(F)F)c2)cc1. The molecule has 29 heavy (non-hydrogen) atoms. The first kappa shape index (κ1) is 22.6. The summed E-state index contributed by atoms with van der Waals surface area (Å²) in [5.74, 6) is 0.778. The molecule has 0 aromatic heterocycles. The van der Waals surface area contributed by atoms with E-state index in [4.69, 9.17) is 4.74 Å². The molecule has 7 heteroatoms. The molecule has 2 aromatic rings. The van der Waals surface area contributed by atoms with Gasteiger partial charge in [-0.2, -0.15) is 13.2 Å². The lowest BCUT2D eigenvalue weighted by atomic mass is 10.0. The van der Waals surface area contributed by atoms with Crippen LogP contribution in [0.2, 0.25) is 0 Å². The van der Waals surface area contributed by atoms with Crippen molar-refractivity contribution in [1.29, 1.82) is 0 Å². The van der Waals surface area contributed by atoms with Gasteiger partial charge in [0.25, 0.3) is 5.91 Å². The van der Waals surface area contributed by atoms with Gasteiger partial charge >= 0.3 is 6.18 Å². The molecule has 0 spiro atoms. The number of alkyl halides is 3. The predicted octanol–water partition coefficient (Wildman–Crippen LogP) is 4.90. The number of halogens is 3. The Hall–Kier alpha value is -2.70. The van der Waals surface area contributed by atoms with E-state index in [9.17, 15) is 18.0 Å². The average Bonchev–Trinajstić information content (AvgIpc) is 2.65. The summed E-state index contributed by atoms with van der Waals surface area (Å²) in [4.78, 5) is 12.1. The highest BCUT2D eigenvalue weighted by atomic mass is 19.4. The van der Waals surface area contributed by atoms with Crippen molar-refractivity contribution in [3.63, 3.8) is 0 Å². The van der Waals surface area contributed by atoms with E-state index in [1.165, 1.54) is 6.07 Å². The number of benzene rings is 2. The maximum Gasteiger partial charge on any atom is 0.416 e. The zero-order chi connectivity index (χ0) is 21.4. The molecular weight excluding hydrogens is 381 g/mol. The first-order valence-electron chi connectivity index (χ1n) is 9.55. The van der Waals surface area contributed by atoms with Crippen LogP contribution in [-0.4, -0.2) is 25.1 Å². The summed E-state index contributed by atoms with van der Waals surface area (Å²) in [6.45, 7) is 6.69. The second-order valence-corrected chi connectivity index (χ2v) is 7.46. The van der Waals surface area contributed by atoms with Gasteiger partial charge in [-0.3, -0.25) is 4.79 Å². The average molecular weight is 408 g/mol. The van der Waals surface area contributed by atoms with Gasteiger partial charge in [0, 0.05) is 18.3 Å². The van der Waals surface area contributed by atoms with Gasteiger partial charge in [0.1, 0.15) is 5.75 Å². The Balaban J connectivity index is 1.79. The fourth-order valence-corrected chi connectivity index (χ4v) is 2.74. The molecule has 1 amide bonds. The fourth-order valence-electron chi connectivity index (χ4n) is 2.74. The first-order chi connectivity index (χ1) is 13.6. The summed E-state index contributed by atoms with van der Waals surface area (Å²) in [5.41, 5.74) is 0.798. The van der Waals surface area contributed by atoms with Crippen LogP contribution in [0.5, 0.6) is 5.75 Å². The Morgan fingerprint density at radius 3 is 2.38 bits per heavy atom. The third kappa shape index (κ3) is 8.05. The van der Waals surface area contributed by atoms with Crippen LogP contribution >= 0.6 is 0 Å². The summed E-state index contributed by atoms with van der Waals surface area (Å²) < 4.78 is 43.8. The molecular formula is C22H27F3N2O2. The summed E-state index contributed by atoms with van der Waals surface area (Å²) in [6.07, 6.45) is -4.08. The normalized spacial score (nSPS) is 12.5. The zero-order valence-electron chi connectivity index (χ0n) is 16.8. The second-order valence-electron chi connectivity index (χ2n) is 7.46. The molecule has 2 N–H and O–H groups in total. The number of rotatable bonds is 9. The van der Waals surface area contributed by atoms with Gasteiger partial charge in [-0.25, -0.2) is 0 Å². The molecule has 2 aromatic carbocycles. The van der Waals surface area contributed by atoms with Crippen molar-refractivity contribution < 1.29 is 22.7 Å². The molecule has 158 valence electrons. The number of carbonyl (C=O) groups is 1. The Morgan fingerprint density at radius 2 is 1.76 bits per heavy atom. The Bertz CT molecular complexity index is 789. The number of hydrogen-bond donors (Lipinski definition) is 2. The highest BCUT2D eigenvalue weighted by Gasteiger charge is 2.30. The summed E-state index contributed by atoms with van der Waals surface area (Å²) >= 11 is 0. The van der Waals surface area contributed by atoms with Crippen LogP contribution in [0.15, 0.2) is 48.5 Å². The number of carbonyl (C=O) groups excluding carboxylic acids is 1. The lowest BCUT2D eigenvalue weighted by molar-refractivity contribution is -0.137. The van der Waals surface area contributed by atoms with E-state index in [0.717, 1.165) is 24.4 Å². The molecule has 0 saturated heterocycles. The van der Waals surface area contributed by atoms with Crippen LogP contribution in [0.1, 0.15) is 31.9 Å². The quantitative estimate of drug-likeness (QED) is 0.621. The standard InChI is InChI=1S/C22H27F3N2O2/c1-15(2)13-26-19-7-9-20(10-8-19)29-14-21(28)27-16(3)11-17-5-4-6-18(12-17)22(23,24)25/h4-10,12,15-16,26H,11,13-14H2,1-3H3,(H,27,28). The van der Waals surface area contributed by atoms with Crippen molar-refractivity contribution in [3.8, 4) is 5.75 Å². The Labute approximate surface area is 169 Å². The maximum atomic E-state index is 12.8. The molecule has 1 unspecified atom stereocenters. The molecule has 1 atom stereocenters. The van der Waals surface area contributed by atoms with Gasteiger partial charge in [-0.15, -0.1) is 0 Å². The minimum absolute atomic E-state index is 0.161. The van der Waals surface area contributed by atoms with Crippen molar-refractivity contribution in [2.75, 3.05) is 18.5 Å². The summed E-state index contributed by atoms with van der Waals surface area (Å²) in [5, 5.41) is 6.04. The minimum atomic E-state index is -4.38. The largest absolute Gasteiger partial charge is 0.484 e. The molecule has 0 bridgehead atoms. The van der Waals surface area contributed by atoms with Crippen molar-refractivity contribution >= 4 is 11.6 Å². The van der Waals surface area contributed by atoms with E-state index in [0.29, 0.717) is 23.7 Å². The molecule has 0 saturated carbocycles. The van der Waals surface area contributed by atoms with Crippen LogP contribution < -0.4 is 15.4 Å². The molecule has 2 rings (SSSR count). The maximum absolute atomic E-state index is 12.8. The highest BCUT2D eigenvalue weighted by molar-refractivity contribution is 5.77. The van der Waals surface area contributed by atoms with Gasteiger partial charge in [0.15, 0.2) is 6.61 Å². The second kappa shape index (κ2) is 10.2. The van der Waals surface area contributed by atoms with Gasteiger partial charge in [0.05, 0.1) is 5.56 Å². The van der Waals surface area contributed by atoms with Crippen LogP contribution in [0.4, 0.5) is 18.9 Å². The van der Waals surface area contributed by atoms with Gasteiger partial charge < -0.3 is 15.4 Å². The van der Waals surface area contributed by atoms with Gasteiger partial charge in [-0.1, -0.05) is 32.0 Å². The molecule has 0 radical (unpaired) electrons. The minimum Gasteiger partial charge on any atom is -0.484 e. The van der Waals surface area contributed by atoms with E-state index in [2.05, 4.69) is 24.5 Å². The Morgan fingerprint density at radius 1 is 1.07 bits per heavy atom. The molecule has 0 aliphatic heterocycles. The summed E-state index contributed by atoms with van der Waals surface area (Å²) in [6, 6.07) is 12.1. The number of ether oxygens (including phenoxy) is 1. The highest BCUT2D eigenvalue weighted by Crippen LogP contribution is 2.29. The fraction of sp³-hybridized carbons (Fsp3) is 0.409. The van der Waals surface area contributed by atoms with E-state index in [1.54, 1.807) is 25.1 Å². The topological polar surface area (TPSA) is 50.4 Å². The third-order valence-electron chi connectivity index (χ3n) is 4.14. The van der Waals surface area contributed by atoms with E-state index in [1.807, 2.05) is 12.1 Å². The van der Waals surface area contributed by atoms with Crippen molar-refractivity contribution in [2.24, 2.45) is 5.92 Å². The number of amides is 1. The molecule has 0 fully saturated rings. The van der Waals surface area contributed by atoms with E-state index in [-0.39, 0.29) is 18.6 Å². The van der Waals surface area contributed by atoms with Crippen molar-refractivity contribution in [3.05, 3.63) is 59.7 Å². The van der Waals surface area contributed by atoms with E-state index >= 15 is 0 Å². The molecule has 0 aliphatic carbocycles. The van der Waals surface area contributed by atoms with Crippen molar-refractivity contribution in [2.45, 2.75) is 39.4 Å². The van der Waals surface area contributed by atoms with E-state index < -0.39 is 11.7 Å². The van der Waals surface area contributed by atoms with Crippen LogP contribution in [0, 0.1) is 5.92 Å². The predicted molar refractivity (Wildman–Crippen MR) is 108 cm³/mol. The number of hydrogen-bond acceptors (Lipinski definition) is 3. The van der Waals surface area contributed by atoms with Crippen LogP contribution in [-0.2, 0) is 17.4 Å². The number of anilines is 1. The summed E-state index contributed by atoms with van der Waals surface area (Å²) in [7, 11) is 0. The Kier molecular flexibility index (Phi) is 7.93.